The van der Waals surface area contributed by atoms with Gasteiger partial charge in [-0.15, -0.1) is 0 Å². The summed E-state index contributed by atoms with van der Waals surface area (Å²) in [6.07, 6.45) is -2.91. The SMILES string of the molecule is COc1nc(Br)c(S(=O)(=O)Cl)cc1C(F)F. The maximum absolute atomic E-state index is 12.5. The van der Waals surface area contributed by atoms with Crippen molar-refractivity contribution >= 4 is 35.7 Å². The molecule has 0 amide bonds. The molecule has 0 aliphatic heterocycles. The molecule has 0 saturated carbocycles. The summed E-state index contributed by atoms with van der Waals surface area (Å²) in [5.74, 6) is -0.356. The Morgan fingerprint density at radius 1 is 1.56 bits per heavy atom. The Bertz CT molecular complexity index is 509. The molecule has 16 heavy (non-hydrogen) atoms. The molecule has 0 atom stereocenters. The first-order valence-corrected chi connectivity index (χ1v) is 6.85. The van der Waals surface area contributed by atoms with Crippen LogP contribution in [0.1, 0.15) is 12.0 Å². The molecule has 0 radical (unpaired) electrons. The Balaban J connectivity index is 3.52. The Hall–Kier alpha value is -0.470. The maximum Gasteiger partial charge on any atom is 0.269 e. The van der Waals surface area contributed by atoms with Crippen molar-refractivity contribution in [3.63, 3.8) is 0 Å². The van der Waals surface area contributed by atoms with Crippen molar-refractivity contribution in [1.82, 2.24) is 4.98 Å². The second-order valence-corrected chi connectivity index (χ2v) is 5.90. The van der Waals surface area contributed by atoms with Crippen LogP contribution in [0, 0.1) is 0 Å². The molecule has 1 aromatic heterocycles. The van der Waals surface area contributed by atoms with Crippen molar-refractivity contribution < 1.29 is 21.9 Å². The van der Waals surface area contributed by atoms with E-state index < -0.39 is 25.9 Å². The number of ether oxygens (including phenoxy) is 1. The third-order valence-corrected chi connectivity index (χ3v) is 3.83. The smallest absolute Gasteiger partial charge is 0.269 e. The van der Waals surface area contributed by atoms with Gasteiger partial charge in [-0.1, -0.05) is 0 Å². The zero-order chi connectivity index (χ0) is 12.5. The lowest BCUT2D eigenvalue weighted by molar-refractivity contribution is 0.145. The van der Waals surface area contributed by atoms with Gasteiger partial charge >= 0.3 is 0 Å². The number of hydrogen-bond donors (Lipinski definition) is 0. The van der Waals surface area contributed by atoms with Crippen LogP contribution < -0.4 is 4.74 Å². The quantitative estimate of drug-likeness (QED) is 0.629. The van der Waals surface area contributed by atoms with Gasteiger partial charge in [0.1, 0.15) is 9.50 Å². The van der Waals surface area contributed by atoms with Crippen LogP contribution in [-0.4, -0.2) is 20.5 Å². The van der Waals surface area contributed by atoms with E-state index in [4.69, 9.17) is 10.7 Å². The molecule has 0 unspecified atom stereocenters. The molecule has 1 rings (SSSR count). The molecule has 9 heteroatoms. The van der Waals surface area contributed by atoms with Crippen LogP contribution in [0.5, 0.6) is 5.88 Å². The number of pyridine rings is 1. The molecule has 0 aromatic carbocycles. The number of aromatic nitrogens is 1. The summed E-state index contributed by atoms with van der Waals surface area (Å²) in [6.45, 7) is 0. The highest BCUT2D eigenvalue weighted by molar-refractivity contribution is 9.10. The number of rotatable bonds is 3. The van der Waals surface area contributed by atoms with Gasteiger partial charge in [-0.2, -0.15) is 0 Å². The topological polar surface area (TPSA) is 56.3 Å². The molecule has 0 bridgehead atoms. The Kier molecular flexibility index (Phi) is 4.08. The van der Waals surface area contributed by atoms with Crippen LogP contribution in [0.3, 0.4) is 0 Å². The number of nitrogens with zero attached hydrogens (tertiary/aromatic N) is 1. The van der Waals surface area contributed by atoms with Gasteiger partial charge in [0.05, 0.1) is 12.7 Å². The second-order valence-electron chi connectivity index (χ2n) is 2.61. The molecule has 90 valence electrons. The Labute approximate surface area is 103 Å². The highest BCUT2D eigenvalue weighted by atomic mass is 79.9. The van der Waals surface area contributed by atoms with E-state index in [2.05, 4.69) is 25.7 Å². The lowest BCUT2D eigenvalue weighted by Crippen LogP contribution is -2.02. The van der Waals surface area contributed by atoms with Crippen LogP contribution in [0.4, 0.5) is 8.78 Å². The van der Waals surface area contributed by atoms with E-state index in [0.29, 0.717) is 0 Å². The zero-order valence-electron chi connectivity index (χ0n) is 7.75. The standard InChI is InChI=1S/C7H5BrClF2NO3S/c1-15-7-3(6(10)11)2-4(5(8)12-7)16(9,13)14/h2,6H,1H3. The summed E-state index contributed by atoms with van der Waals surface area (Å²) in [7, 11) is 2.06. The van der Waals surface area contributed by atoms with Crippen LogP contribution in [0.25, 0.3) is 0 Å². The largest absolute Gasteiger partial charge is 0.481 e. The summed E-state index contributed by atoms with van der Waals surface area (Å²) >= 11 is 2.81. The van der Waals surface area contributed by atoms with Gasteiger partial charge in [0.2, 0.25) is 5.88 Å². The summed E-state index contributed by atoms with van der Waals surface area (Å²) < 4.78 is 51.6. The van der Waals surface area contributed by atoms with Gasteiger partial charge in [-0.3, -0.25) is 0 Å². The van der Waals surface area contributed by atoms with Gasteiger partial charge in [-0.05, 0) is 22.0 Å². The normalized spacial score (nSPS) is 11.9. The Morgan fingerprint density at radius 2 is 2.12 bits per heavy atom. The molecule has 0 N–H and O–H groups in total. The van der Waals surface area contributed by atoms with Crippen LogP contribution >= 0.6 is 26.6 Å². The second kappa shape index (κ2) is 4.80. The molecular weight excluding hydrogens is 332 g/mol. The fourth-order valence-corrected chi connectivity index (χ4v) is 3.02. The predicted molar refractivity (Wildman–Crippen MR) is 56.5 cm³/mol. The molecule has 0 fully saturated rings. The van der Waals surface area contributed by atoms with Crippen molar-refractivity contribution in [1.29, 1.82) is 0 Å². The minimum Gasteiger partial charge on any atom is -0.481 e. The molecule has 0 aliphatic rings. The minimum absolute atomic E-state index is 0.177. The van der Waals surface area contributed by atoms with E-state index in [9.17, 15) is 17.2 Å². The minimum atomic E-state index is -4.14. The molecule has 0 aliphatic carbocycles. The zero-order valence-corrected chi connectivity index (χ0v) is 10.9. The third-order valence-electron chi connectivity index (χ3n) is 1.63. The first-order chi connectivity index (χ1) is 7.27. The first-order valence-electron chi connectivity index (χ1n) is 3.74. The number of alkyl halides is 2. The van der Waals surface area contributed by atoms with Gasteiger partial charge in [0, 0.05) is 10.7 Å². The van der Waals surface area contributed by atoms with E-state index in [1.54, 1.807) is 0 Å². The molecule has 4 nitrogen and oxygen atoms in total. The van der Waals surface area contributed by atoms with Crippen molar-refractivity contribution in [2.24, 2.45) is 0 Å². The van der Waals surface area contributed by atoms with Crippen molar-refractivity contribution in [2.45, 2.75) is 11.3 Å². The van der Waals surface area contributed by atoms with Gasteiger partial charge in [-0.25, -0.2) is 22.2 Å². The van der Waals surface area contributed by atoms with Crippen molar-refractivity contribution in [3.05, 3.63) is 16.2 Å². The number of hydrogen-bond acceptors (Lipinski definition) is 4. The van der Waals surface area contributed by atoms with Crippen molar-refractivity contribution in [2.75, 3.05) is 7.11 Å². The van der Waals surface area contributed by atoms with E-state index in [-0.39, 0.29) is 10.5 Å². The molecule has 1 heterocycles. The lowest BCUT2D eigenvalue weighted by Gasteiger charge is -2.09. The number of halogens is 4. The van der Waals surface area contributed by atoms with Gasteiger partial charge < -0.3 is 4.74 Å². The summed E-state index contributed by atoms with van der Waals surface area (Å²) in [4.78, 5) is 3.01. The fraction of sp³-hybridized carbons (Fsp3) is 0.286. The maximum atomic E-state index is 12.5. The summed E-state index contributed by atoms with van der Waals surface area (Å²) in [5, 5.41) is 0. The van der Waals surface area contributed by atoms with E-state index in [1.807, 2.05) is 0 Å². The van der Waals surface area contributed by atoms with Crippen LogP contribution in [0.2, 0.25) is 0 Å². The van der Waals surface area contributed by atoms with E-state index in [0.717, 1.165) is 13.2 Å². The summed E-state index contributed by atoms with van der Waals surface area (Å²) in [5.41, 5.74) is -0.634. The predicted octanol–water partition coefficient (Wildman–Crippen LogP) is 2.72. The lowest BCUT2D eigenvalue weighted by atomic mass is 10.3. The summed E-state index contributed by atoms with van der Waals surface area (Å²) in [6, 6.07) is 0.725. The monoisotopic (exact) mass is 335 g/mol. The fourth-order valence-electron chi connectivity index (χ4n) is 0.962. The van der Waals surface area contributed by atoms with E-state index >= 15 is 0 Å². The molecular formula is C7H5BrClF2NO3S. The average Bonchev–Trinajstić information content (AvgIpc) is 2.14. The molecule has 0 saturated heterocycles. The average molecular weight is 337 g/mol. The first kappa shape index (κ1) is 13.6. The van der Waals surface area contributed by atoms with Crippen LogP contribution in [0.15, 0.2) is 15.6 Å². The van der Waals surface area contributed by atoms with Gasteiger partial charge in [0.25, 0.3) is 15.5 Å². The Morgan fingerprint density at radius 3 is 2.50 bits per heavy atom. The van der Waals surface area contributed by atoms with Crippen LogP contribution in [-0.2, 0) is 9.05 Å². The third kappa shape index (κ3) is 2.80. The number of methoxy groups -OCH3 is 1. The van der Waals surface area contributed by atoms with Crippen molar-refractivity contribution in [3.8, 4) is 5.88 Å². The molecule has 0 spiro atoms. The van der Waals surface area contributed by atoms with E-state index in [1.165, 1.54) is 0 Å². The highest BCUT2D eigenvalue weighted by Gasteiger charge is 2.23. The molecule has 1 aromatic rings. The van der Waals surface area contributed by atoms with Gasteiger partial charge in [0.15, 0.2) is 0 Å². The highest BCUT2D eigenvalue weighted by Crippen LogP contribution is 2.34.